The minimum atomic E-state index is -0.930. The molecule has 2 N–H and O–H groups in total. The first-order chi connectivity index (χ1) is 11.8. The predicted octanol–water partition coefficient (Wildman–Crippen LogP) is 2.85. The van der Waals surface area contributed by atoms with E-state index < -0.39 is 5.97 Å². The monoisotopic (exact) mass is 346 g/mol. The highest BCUT2D eigenvalue weighted by Crippen LogP contribution is 2.38. The van der Waals surface area contributed by atoms with Crippen LogP contribution in [0.2, 0.25) is 0 Å². The summed E-state index contributed by atoms with van der Waals surface area (Å²) in [4.78, 5) is 37.2. The van der Waals surface area contributed by atoms with Crippen LogP contribution in [0.15, 0.2) is 24.3 Å². The average molecular weight is 346 g/mol. The average Bonchev–Trinajstić information content (AvgIpc) is 3.27. The zero-order chi connectivity index (χ0) is 18.6. The molecule has 25 heavy (non-hydrogen) atoms. The van der Waals surface area contributed by atoms with Gasteiger partial charge in [0, 0.05) is 30.3 Å². The van der Waals surface area contributed by atoms with Crippen molar-refractivity contribution < 1.29 is 19.5 Å². The lowest BCUT2D eigenvalue weighted by Crippen LogP contribution is -2.36. The summed E-state index contributed by atoms with van der Waals surface area (Å²) in [6.45, 7) is 6.66. The standard InChI is InChI=1S/C19H26N2O4/c1-12(2)11-21(8-7-17(22)23)19(25)14-5-4-6-15(10-14)20-18(24)16-9-13(16)3/h4-6,10,12-13,16H,7-9,11H2,1-3H3,(H,20,24)(H,22,23). The number of nitrogens with zero attached hydrogens (tertiary/aromatic N) is 1. The molecule has 0 spiro atoms. The molecule has 1 saturated carbocycles. The second-order valence-electron chi connectivity index (χ2n) is 7.18. The normalized spacial score (nSPS) is 18.7. The molecule has 0 aliphatic heterocycles. The van der Waals surface area contributed by atoms with Crippen LogP contribution in [0, 0.1) is 17.8 Å². The lowest BCUT2D eigenvalue weighted by atomic mass is 10.1. The Bertz CT molecular complexity index is 657. The Kier molecular flexibility index (Phi) is 6.17. The molecule has 6 heteroatoms. The van der Waals surface area contributed by atoms with Gasteiger partial charge in [0.1, 0.15) is 0 Å². The van der Waals surface area contributed by atoms with Crippen molar-refractivity contribution in [1.29, 1.82) is 0 Å². The number of aliphatic carboxylic acids is 1. The van der Waals surface area contributed by atoms with E-state index in [2.05, 4.69) is 5.32 Å². The maximum absolute atomic E-state index is 12.7. The molecule has 1 fully saturated rings. The largest absolute Gasteiger partial charge is 0.481 e. The third-order valence-corrected chi connectivity index (χ3v) is 4.29. The zero-order valence-electron chi connectivity index (χ0n) is 15.0. The number of anilines is 1. The van der Waals surface area contributed by atoms with E-state index in [1.807, 2.05) is 20.8 Å². The summed E-state index contributed by atoms with van der Waals surface area (Å²) < 4.78 is 0. The topological polar surface area (TPSA) is 86.7 Å². The van der Waals surface area contributed by atoms with Gasteiger partial charge in [-0.05, 0) is 36.5 Å². The van der Waals surface area contributed by atoms with Crippen LogP contribution < -0.4 is 5.32 Å². The van der Waals surface area contributed by atoms with Crippen molar-refractivity contribution >= 4 is 23.5 Å². The second kappa shape index (κ2) is 8.14. The Balaban J connectivity index is 2.08. The molecule has 2 atom stereocenters. The van der Waals surface area contributed by atoms with Gasteiger partial charge in [0.15, 0.2) is 0 Å². The number of carboxylic acid groups (broad SMARTS) is 1. The van der Waals surface area contributed by atoms with Gasteiger partial charge >= 0.3 is 5.97 Å². The minimum absolute atomic E-state index is 0.0120. The van der Waals surface area contributed by atoms with E-state index in [1.165, 1.54) is 0 Å². The third kappa shape index (κ3) is 5.59. The first kappa shape index (κ1) is 19.0. The maximum Gasteiger partial charge on any atom is 0.305 e. The first-order valence-electron chi connectivity index (χ1n) is 8.70. The van der Waals surface area contributed by atoms with Crippen LogP contribution in [0.25, 0.3) is 0 Å². The molecular weight excluding hydrogens is 320 g/mol. The fourth-order valence-electron chi connectivity index (χ4n) is 2.78. The number of hydrogen-bond acceptors (Lipinski definition) is 3. The third-order valence-electron chi connectivity index (χ3n) is 4.29. The van der Waals surface area contributed by atoms with Crippen molar-refractivity contribution in [2.75, 3.05) is 18.4 Å². The number of carbonyl (C=O) groups excluding carboxylic acids is 2. The molecule has 1 aliphatic rings. The molecule has 0 heterocycles. The van der Waals surface area contributed by atoms with E-state index in [1.54, 1.807) is 29.2 Å². The fraction of sp³-hybridized carbons (Fsp3) is 0.526. The van der Waals surface area contributed by atoms with Gasteiger partial charge in [-0.15, -0.1) is 0 Å². The Hall–Kier alpha value is -2.37. The van der Waals surface area contributed by atoms with Crippen LogP contribution in [-0.4, -0.2) is 40.9 Å². The van der Waals surface area contributed by atoms with E-state index in [9.17, 15) is 14.4 Å². The van der Waals surface area contributed by atoms with Crippen LogP contribution in [0.5, 0.6) is 0 Å². The number of hydrogen-bond donors (Lipinski definition) is 2. The molecule has 1 aromatic rings. The molecule has 2 unspecified atom stereocenters. The van der Waals surface area contributed by atoms with E-state index in [4.69, 9.17) is 5.11 Å². The lowest BCUT2D eigenvalue weighted by molar-refractivity contribution is -0.137. The number of rotatable bonds is 8. The Labute approximate surface area is 148 Å². The van der Waals surface area contributed by atoms with Gasteiger partial charge in [-0.2, -0.15) is 0 Å². The summed E-state index contributed by atoms with van der Waals surface area (Å²) in [5, 5.41) is 11.7. The Morgan fingerprint density at radius 2 is 2.00 bits per heavy atom. The van der Waals surface area contributed by atoms with Crippen molar-refractivity contribution in [3.8, 4) is 0 Å². The van der Waals surface area contributed by atoms with E-state index >= 15 is 0 Å². The van der Waals surface area contributed by atoms with Gasteiger partial charge in [-0.25, -0.2) is 0 Å². The molecule has 0 aromatic heterocycles. The molecule has 1 aliphatic carbocycles. The number of nitrogens with one attached hydrogen (secondary N) is 1. The summed E-state index contributed by atoms with van der Waals surface area (Å²) >= 11 is 0. The molecule has 1 aromatic carbocycles. The van der Waals surface area contributed by atoms with Crippen molar-refractivity contribution in [2.45, 2.75) is 33.6 Å². The van der Waals surface area contributed by atoms with Gasteiger partial charge in [0.25, 0.3) is 5.91 Å². The SMILES string of the molecule is CC(C)CN(CCC(=O)O)C(=O)c1cccc(NC(=O)C2CC2C)c1. The van der Waals surface area contributed by atoms with Crippen molar-refractivity contribution in [2.24, 2.45) is 17.8 Å². The zero-order valence-corrected chi connectivity index (χ0v) is 15.0. The summed E-state index contributed by atoms with van der Waals surface area (Å²) in [5.41, 5.74) is 1.05. The summed E-state index contributed by atoms with van der Waals surface area (Å²) in [6, 6.07) is 6.82. The number of carboxylic acids is 1. The van der Waals surface area contributed by atoms with Gasteiger partial charge in [-0.3, -0.25) is 14.4 Å². The van der Waals surface area contributed by atoms with Crippen molar-refractivity contribution in [3.05, 3.63) is 29.8 Å². The molecule has 2 amide bonds. The van der Waals surface area contributed by atoms with Crippen molar-refractivity contribution in [1.82, 2.24) is 4.90 Å². The summed E-state index contributed by atoms with van der Waals surface area (Å²) in [5.74, 6) is -0.444. The molecule has 0 bridgehead atoms. The number of amides is 2. The summed E-state index contributed by atoms with van der Waals surface area (Å²) in [6.07, 6.45) is 0.816. The molecule has 136 valence electrons. The smallest absolute Gasteiger partial charge is 0.305 e. The highest BCUT2D eigenvalue weighted by molar-refractivity contribution is 5.98. The van der Waals surface area contributed by atoms with E-state index in [0.29, 0.717) is 23.7 Å². The molecule has 6 nitrogen and oxygen atoms in total. The molecular formula is C19H26N2O4. The fourth-order valence-corrected chi connectivity index (χ4v) is 2.78. The van der Waals surface area contributed by atoms with Gasteiger partial charge in [-0.1, -0.05) is 26.8 Å². The Morgan fingerprint density at radius 3 is 2.56 bits per heavy atom. The van der Waals surface area contributed by atoms with E-state index in [-0.39, 0.29) is 36.6 Å². The van der Waals surface area contributed by atoms with Crippen LogP contribution in [0.1, 0.15) is 44.0 Å². The first-order valence-corrected chi connectivity index (χ1v) is 8.70. The molecule has 0 saturated heterocycles. The summed E-state index contributed by atoms with van der Waals surface area (Å²) in [7, 11) is 0. The lowest BCUT2D eigenvalue weighted by Gasteiger charge is -2.24. The number of carbonyl (C=O) groups is 3. The van der Waals surface area contributed by atoms with Gasteiger partial charge in [0.05, 0.1) is 6.42 Å². The highest BCUT2D eigenvalue weighted by atomic mass is 16.4. The van der Waals surface area contributed by atoms with Crippen molar-refractivity contribution in [3.63, 3.8) is 0 Å². The Morgan fingerprint density at radius 1 is 1.32 bits per heavy atom. The van der Waals surface area contributed by atoms with E-state index in [0.717, 1.165) is 6.42 Å². The van der Waals surface area contributed by atoms with Crippen LogP contribution >= 0.6 is 0 Å². The minimum Gasteiger partial charge on any atom is -0.481 e. The maximum atomic E-state index is 12.7. The quantitative estimate of drug-likeness (QED) is 0.758. The van der Waals surface area contributed by atoms with Gasteiger partial charge in [0.2, 0.25) is 5.91 Å². The molecule has 0 radical (unpaired) electrons. The van der Waals surface area contributed by atoms with Crippen LogP contribution in [-0.2, 0) is 9.59 Å². The van der Waals surface area contributed by atoms with Gasteiger partial charge < -0.3 is 15.3 Å². The van der Waals surface area contributed by atoms with Crippen LogP contribution in [0.4, 0.5) is 5.69 Å². The predicted molar refractivity (Wildman–Crippen MR) is 95.3 cm³/mol. The highest BCUT2D eigenvalue weighted by Gasteiger charge is 2.39. The number of benzene rings is 1. The molecule has 2 rings (SSSR count). The van der Waals surface area contributed by atoms with Crippen LogP contribution in [0.3, 0.4) is 0 Å². The second-order valence-corrected chi connectivity index (χ2v) is 7.18.